The van der Waals surface area contributed by atoms with Gasteiger partial charge in [-0.2, -0.15) is 0 Å². The first-order valence-electron chi connectivity index (χ1n) is 8.74. The molecule has 6 nitrogen and oxygen atoms in total. The summed E-state index contributed by atoms with van der Waals surface area (Å²) < 4.78 is 24.0. The Bertz CT molecular complexity index is 1030. The van der Waals surface area contributed by atoms with Crippen LogP contribution in [0.15, 0.2) is 65.2 Å². The van der Waals surface area contributed by atoms with Crippen LogP contribution in [0.2, 0.25) is 5.02 Å². The van der Waals surface area contributed by atoms with Crippen LogP contribution in [0.4, 0.5) is 4.39 Å². The van der Waals surface area contributed by atoms with E-state index in [1.807, 2.05) is 18.2 Å². The lowest BCUT2D eigenvalue weighted by Crippen LogP contribution is -2.30. The first-order valence-corrected chi connectivity index (χ1v) is 9.12. The first kappa shape index (κ1) is 20.4. The summed E-state index contributed by atoms with van der Waals surface area (Å²) in [5.74, 6) is -1.04. The van der Waals surface area contributed by atoms with Gasteiger partial charge < -0.3 is 19.8 Å². The van der Waals surface area contributed by atoms with Crippen LogP contribution in [0.3, 0.4) is 0 Å². The van der Waals surface area contributed by atoms with Crippen LogP contribution in [-0.4, -0.2) is 25.0 Å². The minimum atomic E-state index is -0.630. The second-order valence-corrected chi connectivity index (χ2v) is 6.58. The van der Waals surface area contributed by atoms with Crippen molar-refractivity contribution in [1.82, 2.24) is 10.6 Å². The molecule has 0 unspecified atom stereocenters. The van der Waals surface area contributed by atoms with Gasteiger partial charge in [-0.1, -0.05) is 36.4 Å². The molecule has 2 aromatic carbocycles. The number of para-hydroxylation sites is 1. The molecule has 3 aromatic rings. The number of carbonyl (C=O) groups is 2. The summed E-state index contributed by atoms with van der Waals surface area (Å²) >= 11 is 5.59. The van der Waals surface area contributed by atoms with Gasteiger partial charge in [-0.25, -0.2) is 4.39 Å². The number of furan rings is 1. The molecule has 1 heterocycles. The Morgan fingerprint density at radius 3 is 2.72 bits per heavy atom. The van der Waals surface area contributed by atoms with Crippen molar-refractivity contribution < 1.29 is 23.1 Å². The molecule has 1 aromatic heterocycles. The number of benzene rings is 2. The van der Waals surface area contributed by atoms with Crippen molar-refractivity contribution in [1.29, 1.82) is 0 Å². The molecular formula is C21H18ClFN2O4. The minimum Gasteiger partial charge on any atom is -0.484 e. The van der Waals surface area contributed by atoms with Crippen LogP contribution < -0.4 is 15.4 Å². The molecule has 0 atom stereocenters. The molecule has 8 heteroatoms. The summed E-state index contributed by atoms with van der Waals surface area (Å²) in [5, 5.41) is 6.08. The molecule has 3 rings (SSSR count). The van der Waals surface area contributed by atoms with Crippen LogP contribution in [-0.2, 0) is 4.79 Å². The average Bonchev–Trinajstić information content (AvgIpc) is 3.13. The fourth-order valence-corrected chi connectivity index (χ4v) is 2.64. The Labute approximate surface area is 171 Å². The van der Waals surface area contributed by atoms with E-state index < -0.39 is 11.7 Å². The maximum absolute atomic E-state index is 13.3. The van der Waals surface area contributed by atoms with Crippen LogP contribution in [0.5, 0.6) is 5.75 Å². The van der Waals surface area contributed by atoms with E-state index in [1.165, 1.54) is 12.1 Å². The topological polar surface area (TPSA) is 80.6 Å². The molecule has 0 aliphatic rings. The third-order valence-corrected chi connectivity index (χ3v) is 4.25. The number of halogens is 2. The van der Waals surface area contributed by atoms with Crippen molar-refractivity contribution in [3.63, 3.8) is 0 Å². The van der Waals surface area contributed by atoms with Gasteiger partial charge in [0.1, 0.15) is 17.1 Å². The Morgan fingerprint density at radius 1 is 1.17 bits per heavy atom. The van der Waals surface area contributed by atoms with Gasteiger partial charge in [0.15, 0.2) is 12.4 Å². The fraction of sp³-hybridized carbons (Fsp3) is 0.143. The van der Waals surface area contributed by atoms with Gasteiger partial charge in [0, 0.05) is 30.1 Å². The quantitative estimate of drug-likeness (QED) is 0.580. The first-order chi connectivity index (χ1) is 13.9. The lowest BCUT2D eigenvalue weighted by atomic mass is 10.2. The molecule has 0 spiro atoms. The van der Waals surface area contributed by atoms with Crippen molar-refractivity contribution in [3.05, 3.63) is 77.4 Å². The van der Waals surface area contributed by atoms with Crippen LogP contribution in [0, 0.1) is 5.82 Å². The summed E-state index contributed by atoms with van der Waals surface area (Å²) in [7, 11) is 0. The SMILES string of the molecule is C=C(CCNC(=O)c1cc2ccccc2o1)NC(=O)COc1ccc(Cl)c(F)c1. The predicted molar refractivity (Wildman–Crippen MR) is 107 cm³/mol. The number of carbonyl (C=O) groups excluding carboxylic acids is 2. The smallest absolute Gasteiger partial charge is 0.287 e. The molecule has 0 bridgehead atoms. The average molecular weight is 417 g/mol. The number of fused-ring (bicyclic) bond motifs is 1. The lowest BCUT2D eigenvalue weighted by molar-refractivity contribution is -0.122. The lowest BCUT2D eigenvalue weighted by Gasteiger charge is -2.10. The number of amides is 2. The Morgan fingerprint density at radius 2 is 1.97 bits per heavy atom. The van der Waals surface area contributed by atoms with E-state index in [4.69, 9.17) is 20.8 Å². The maximum atomic E-state index is 13.3. The minimum absolute atomic E-state index is 0.0279. The zero-order valence-corrected chi connectivity index (χ0v) is 16.1. The van der Waals surface area contributed by atoms with Crippen molar-refractivity contribution in [2.24, 2.45) is 0 Å². The number of nitrogens with one attached hydrogen (secondary N) is 2. The predicted octanol–water partition coefficient (Wildman–Crippen LogP) is 4.05. The van der Waals surface area contributed by atoms with Crippen molar-refractivity contribution >= 4 is 34.4 Å². The summed E-state index contributed by atoms with van der Waals surface area (Å²) in [5.41, 5.74) is 1.04. The Kier molecular flexibility index (Phi) is 6.51. The van der Waals surface area contributed by atoms with Gasteiger partial charge >= 0.3 is 0 Å². The summed E-state index contributed by atoms with van der Waals surface area (Å²) in [6.07, 6.45) is 0.327. The van der Waals surface area contributed by atoms with Gasteiger partial charge in [0.25, 0.3) is 11.8 Å². The molecule has 0 saturated heterocycles. The standard InChI is InChI=1S/C21H18ClFN2O4/c1-13(25-20(26)12-28-15-6-7-16(22)17(23)11-15)8-9-24-21(27)19-10-14-4-2-3-5-18(14)29-19/h2-7,10-11H,1,8-9,12H2,(H,24,27)(H,25,26). The van der Waals surface area contributed by atoms with Crippen LogP contribution in [0.1, 0.15) is 17.0 Å². The third kappa shape index (κ3) is 5.58. The summed E-state index contributed by atoms with van der Waals surface area (Å²) in [6, 6.07) is 12.9. The van der Waals surface area contributed by atoms with E-state index in [-0.39, 0.29) is 35.6 Å². The van der Waals surface area contributed by atoms with Gasteiger partial charge in [-0.3, -0.25) is 9.59 Å². The molecule has 29 heavy (non-hydrogen) atoms. The van der Waals surface area contributed by atoms with Crippen molar-refractivity contribution in [3.8, 4) is 5.75 Å². The summed E-state index contributed by atoms with van der Waals surface area (Å²) in [6.45, 7) is 3.69. The van der Waals surface area contributed by atoms with E-state index in [9.17, 15) is 14.0 Å². The Hall–Kier alpha value is -3.32. The molecule has 0 aliphatic carbocycles. The zero-order valence-electron chi connectivity index (χ0n) is 15.3. The highest BCUT2D eigenvalue weighted by atomic mass is 35.5. The maximum Gasteiger partial charge on any atom is 0.287 e. The highest BCUT2D eigenvalue weighted by Gasteiger charge is 2.12. The van der Waals surface area contributed by atoms with E-state index >= 15 is 0 Å². The van der Waals surface area contributed by atoms with Crippen LogP contribution >= 0.6 is 11.6 Å². The number of hydrogen-bond acceptors (Lipinski definition) is 4. The normalized spacial score (nSPS) is 10.6. The zero-order chi connectivity index (χ0) is 20.8. The second-order valence-electron chi connectivity index (χ2n) is 6.17. The second kappa shape index (κ2) is 9.25. The number of ether oxygens (including phenoxy) is 1. The molecule has 0 aliphatic heterocycles. The Balaban J connectivity index is 1.39. The molecule has 150 valence electrons. The molecule has 2 N–H and O–H groups in total. The number of rotatable bonds is 8. The molecule has 2 amide bonds. The highest BCUT2D eigenvalue weighted by Crippen LogP contribution is 2.20. The van der Waals surface area contributed by atoms with Gasteiger partial charge in [-0.05, 0) is 24.3 Å². The number of hydrogen-bond donors (Lipinski definition) is 2. The van der Waals surface area contributed by atoms with E-state index in [0.29, 0.717) is 17.7 Å². The third-order valence-electron chi connectivity index (χ3n) is 3.94. The summed E-state index contributed by atoms with van der Waals surface area (Å²) in [4.78, 5) is 24.0. The highest BCUT2D eigenvalue weighted by molar-refractivity contribution is 6.30. The van der Waals surface area contributed by atoms with E-state index in [0.717, 1.165) is 11.5 Å². The molecule has 0 radical (unpaired) electrons. The van der Waals surface area contributed by atoms with E-state index in [2.05, 4.69) is 17.2 Å². The van der Waals surface area contributed by atoms with E-state index in [1.54, 1.807) is 12.1 Å². The molecule has 0 saturated carbocycles. The van der Waals surface area contributed by atoms with Crippen LogP contribution in [0.25, 0.3) is 11.0 Å². The fourth-order valence-electron chi connectivity index (χ4n) is 2.52. The molecular weight excluding hydrogens is 399 g/mol. The van der Waals surface area contributed by atoms with Crippen molar-refractivity contribution in [2.45, 2.75) is 6.42 Å². The van der Waals surface area contributed by atoms with Gasteiger partial charge in [0.2, 0.25) is 0 Å². The largest absolute Gasteiger partial charge is 0.484 e. The monoisotopic (exact) mass is 416 g/mol. The van der Waals surface area contributed by atoms with Gasteiger partial charge in [0.05, 0.1) is 5.02 Å². The van der Waals surface area contributed by atoms with Crippen molar-refractivity contribution in [2.75, 3.05) is 13.2 Å². The van der Waals surface area contributed by atoms with Gasteiger partial charge in [-0.15, -0.1) is 0 Å². The molecule has 0 fully saturated rings.